The third kappa shape index (κ3) is 2.46. The van der Waals surface area contributed by atoms with Crippen LogP contribution in [0.3, 0.4) is 0 Å². The summed E-state index contributed by atoms with van der Waals surface area (Å²) in [6.07, 6.45) is 0.839. The maximum atomic E-state index is 11.5. The molecule has 1 aliphatic heterocycles. The summed E-state index contributed by atoms with van der Waals surface area (Å²) in [5.41, 5.74) is 12.0. The minimum atomic E-state index is 0.0552. The van der Waals surface area contributed by atoms with Crippen molar-refractivity contribution in [3.63, 3.8) is 0 Å². The van der Waals surface area contributed by atoms with Crippen molar-refractivity contribution in [1.82, 2.24) is 5.16 Å². The van der Waals surface area contributed by atoms with E-state index in [0.29, 0.717) is 11.5 Å². The van der Waals surface area contributed by atoms with Gasteiger partial charge in [0.25, 0.3) is 0 Å². The number of benzene rings is 1. The standard InChI is InChI=1S/C14H13N5O2/c1-9(20)19-5-4-11-6-10(2-3-14(11)19)13-7-12(21-17-13)8-16-18-15/h2-3,6-7H,4-5,8H2,1H3. The summed E-state index contributed by atoms with van der Waals surface area (Å²) in [6.45, 7) is 2.43. The summed E-state index contributed by atoms with van der Waals surface area (Å²) in [4.78, 5) is 16.0. The van der Waals surface area contributed by atoms with Crippen LogP contribution in [0.1, 0.15) is 18.2 Å². The molecule has 0 bridgehead atoms. The first-order chi connectivity index (χ1) is 10.2. The quantitative estimate of drug-likeness (QED) is 0.492. The first-order valence-corrected chi connectivity index (χ1v) is 6.57. The Morgan fingerprint density at radius 3 is 3.14 bits per heavy atom. The van der Waals surface area contributed by atoms with Crippen molar-refractivity contribution in [2.45, 2.75) is 19.9 Å². The monoisotopic (exact) mass is 283 g/mol. The molecule has 1 amide bonds. The number of fused-ring (bicyclic) bond motifs is 1. The number of aromatic nitrogens is 1. The molecule has 1 aromatic heterocycles. The van der Waals surface area contributed by atoms with E-state index in [9.17, 15) is 4.79 Å². The van der Waals surface area contributed by atoms with Crippen LogP contribution in [-0.2, 0) is 17.8 Å². The fourth-order valence-corrected chi connectivity index (χ4v) is 2.51. The van der Waals surface area contributed by atoms with Gasteiger partial charge in [-0.3, -0.25) is 4.79 Å². The zero-order valence-corrected chi connectivity index (χ0v) is 11.5. The highest BCUT2D eigenvalue weighted by molar-refractivity contribution is 5.94. The first kappa shape index (κ1) is 13.2. The predicted octanol–water partition coefficient (Wildman–Crippen LogP) is 3.06. The molecule has 0 fully saturated rings. The number of carbonyl (C=O) groups is 1. The average molecular weight is 283 g/mol. The number of rotatable bonds is 3. The van der Waals surface area contributed by atoms with E-state index in [-0.39, 0.29) is 12.5 Å². The van der Waals surface area contributed by atoms with Crippen LogP contribution in [-0.4, -0.2) is 17.6 Å². The largest absolute Gasteiger partial charge is 0.361 e. The molecule has 2 heterocycles. The van der Waals surface area contributed by atoms with E-state index in [2.05, 4.69) is 15.2 Å². The van der Waals surface area contributed by atoms with Crippen LogP contribution in [0.5, 0.6) is 0 Å². The number of hydrogen-bond acceptors (Lipinski definition) is 4. The Hall–Kier alpha value is -2.79. The Morgan fingerprint density at radius 2 is 2.38 bits per heavy atom. The van der Waals surface area contributed by atoms with Gasteiger partial charge >= 0.3 is 0 Å². The smallest absolute Gasteiger partial charge is 0.223 e. The zero-order valence-electron chi connectivity index (χ0n) is 11.5. The van der Waals surface area contributed by atoms with Gasteiger partial charge in [-0.05, 0) is 29.6 Å². The van der Waals surface area contributed by atoms with E-state index >= 15 is 0 Å². The molecule has 0 N–H and O–H groups in total. The van der Waals surface area contributed by atoms with Crippen LogP contribution < -0.4 is 4.90 Å². The molecule has 0 atom stereocenters. The Kier molecular flexibility index (Phi) is 3.33. The van der Waals surface area contributed by atoms with Gasteiger partial charge in [0.2, 0.25) is 5.91 Å². The summed E-state index contributed by atoms with van der Waals surface area (Å²) in [6, 6.07) is 7.62. The Balaban J connectivity index is 1.89. The third-order valence-corrected chi connectivity index (χ3v) is 3.50. The zero-order chi connectivity index (χ0) is 14.8. The van der Waals surface area contributed by atoms with Crippen molar-refractivity contribution in [1.29, 1.82) is 0 Å². The van der Waals surface area contributed by atoms with Gasteiger partial charge in [0, 0.05) is 35.7 Å². The highest BCUT2D eigenvalue weighted by Crippen LogP contribution is 2.32. The summed E-state index contributed by atoms with van der Waals surface area (Å²) >= 11 is 0. The van der Waals surface area contributed by atoms with Crippen LogP contribution in [0.2, 0.25) is 0 Å². The van der Waals surface area contributed by atoms with Gasteiger partial charge in [-0.15, -0.1) is 0 Å². The molecule has 1 aromatic carbocycles. The maximum Gasteiger partial charge on any atom is 0.223 e. The molecular weight excluding hydrogens is 270 g/mol. The molecule has 21 heavy (non-hydrogen) atoms. The van der Waals surface area contributed by atoms with Crippen molar-refractivity contribution in [2.75, 3.05) is 11.4 Å². The van der Waals surface area contributed by atoms with Crippen LogP contribution in [0.4, 0.5) is 5.69 Å². The molecule has 2 aromatic rings. The number of anilines is 1. The molecule has 0 saturated heterocycles. The molecule has 7 heteroatoms. The summed E-state index contributed by atoms with van der Waals surface area (Å²) in [5.74, 6) is 0.577. The Morgan fingerprint density at radius 1 is 1.52 bits per heavy atom. The lowest BCUT2D eigenvalue weighted by Gasteiger charge is -2.14. The summed E-state index contributed by atoms with van der Waals surface area (Å²) < 4.78 is 5.12. The maximum absolute atomic E-state index is 11.5. The normalized spacial score (nSPS) is 12.9. The number of nitrogens with zero attached hydrogens (tertiary/aromatic N) is 5. The molecule has 1 aliphatic rings. The number of hydrogen-bond donors (Lipinski definition) is 0. The minimum Gasteiger partial charge on any atom is -0.361 e. The molecule has 106 valence electrons. The van der Waals surface area contributed by atoms with Crippen LogP contribution in [0.25, 0.3) is 21.7 Å². The van der Waals surface area contributed by atoms with Crippen molar-refractivity contribution in [3.8, 4) is 11.3 Å². The van der Waals surface area contributed by atoms with E-state index in [1.807, 2.05) is 18.2 Å². The lowest BCUT2D eigenvalue weighted by Crippen LogP contribution is -2.25. The number of carbonyl (C=O) groups excluding carboxylic acids is 1. The fourth-order valence-electron chi connectivity index (χ4n) is 2.51. The van der Waals surface area contributed by atoms with Gasteiger partial charge < -0.3 is 9.42 Å². The highest BCUT2D eigenvalue weighted by Gasteiger charge is 2.22. The molecule has 0 spiro atoms. The van der Waals surface area contributed by atoms with Crippen LogP contribution >= 0.6 is 0 Å². The highest BCUT2D eigenvalue weighted by atomic mass is 16.5. The van der Waals surface area contributed by atoms with E-state index < -0.39 is 0 Å². The van der Waals surface area contributed by atoms with Gasteiger partial charge in [-0.25, -0.2) is 0 Å². The van der Waals surface area contributed by atoms with Crippen molar-refractivity contribution in [3.05, 3.63) is 46.0 Å². The van der Waals surface area contributed by atoms with Gasteiger partial charge in [-0.2, -0.15) is 0 Å². The second-order valence-electron chi connectivity index (χ2n) is 4.83. The van der Waals surface area contributed by atoms with Crippen LogP contribution in [0, 0.1) is 0 Å². The first-order valence-electron chi connectivity index (χ1n) is 6.57. The lowest BCUT2D eigenvalue weighted by atomic mass is 10.1. The second kappa shape index (κ2) is 5.30. The Bertz CT molecular complexity index is 746. The SMILES string of the molecule is CC(=O)N1CCc2cc(-c3cc(CN=[N+]=[N-])on3)ccc21. The van der Waals surface area contributed by atoms with Crippen molar-refractivity contribution < 1.29 is 9.32 Å². The van der Waals surface area contributed by atoms with Gasteiger partial charge in [0.1, 0.15) is 11.5 Å². The Labute approximate surface area is 120 Å². The second-order valence-corrected chi connectivity index (χ2v) is 4.83. The summed E-state index contributed by atoms with van der Waals surface area (Å²) in [7, 11) is 0. The number of azide groups is 1. The summed E-state index contributed by atoms with van der Waals surface area (Å²) in [5, 5.41) is 7.42. The fraction of sp³-hybridized carbons (Fsp3) is 0.286. The molecule has 7 nitrogen and oxygen atoms in total. The van der Waals surface area contributed by atoms with Crippen molar-refractivity contribution in [2.24, 2.45) is 5.11 Å². The average Bonchev–Trinajstić information content (AvgIpc) is 3.11. The molecule has 0 unspecified atom stereocenters. The van der Waals surface area contributed by atoms with E-state index in [1.165, 1.54) is 0 Å². The minimum absolute atomic E-state index is 0.0552. The van der Waals surface area contributed by atoms with Crippen molar-refractivity contribution >= 4 is 11.6 Å². The predicted molar refractivity (Wildman–Crippen MR) is 76.5 cm³/mol. The van der Waals surface area contributed by atoms with Gasteiger partial charge in [-0.1, -0.05) is 16.3 Å². The molecular formula is C14H13N5O2. The molecule has 0 saturated carbocycles. The lowest BCUT2D eigenvalue weighted by molar-refractivity contribution is -0.116. The van der Waals surface area contributed by atoms with E-state index in [4.69, 9.17) is 10.1 Å². The molecule has 0 aliphatic carbocycles. The topological polar surface area (TPSA) is 95.1 Å². The van der Waals surface area contributed by atoms with Crippen LogP contribution in [0.15, 0.2) is 33.9 Å². The van der Waals surface area contributed by atoms with E-state index in [1.54, 1.807) is 17.9 Å². The number of amides is 1. The molecule has 0 radical (unpaired) electrons. The van der Waals surface area contributed by atoms with E-state index in [0.717, 1.165) is 29.8 Å². The third-order valence-electron chi connectivity index (χ3n) is 3.50. The van der Waals surface area contributed by atoms with Gasteiger partial charge in [0.15, 0.2) is 0 Å². The molecule has 3 rings (SSSR count). The van der Waals surface area contributed by atoms with Gasteiger partial charge in [0.05, 0.1) is 6.54 Å².